The van der Waals surface area contributed by atoms with E-state index in [1.165, 1.54) is 43.4 Å². The van der Waals surface area contributed by atoms with Crippen molar-refractivity contribution < 1.29 is 41.4 Å². The Morgan fingerprint density at radius 2 is 1.78 bits per heavy atom. The molecule has 3 amide bonds. The lowest BCUT2D eigenvalue weighted by Crippen LogP contribution is -2.74. The van der Waals surface area contributed by atoms with Gasteiger partial charge in [0.25, 0.3) is 5.91 Å². The first kappa shape index (κ1) is 30.0. The van der Waals surface area contributed by atoms with Gasteiger partial charge in [0.1, 0.15) is 17.9 Å². The van der Waals surface area contributed by atoms with Crippen molar-refractivity contribution in [1.82, 2.24) is 10.2 Å². The highest BCUT2D eigenvalue weighted by Gasteiger charge is 2.61. The molecule has 1 aliphatic carbocycles. The van der Waals surface area contributed by atoms with Crippen LogP contribution in [0.15, 0.2) is 42.5 Å². The smallest absolute Gasteiger partial charge is 0.354 e. The number of nitrogens with one attached hydrogen (secondary N) is 1. The summed E-state index contributed by atoms with van der Waals surface area (Å²) < 4.78 is 64.4. The first-order chi connectivity index (χ1) is 19.3. The molecule has 1 aliphatic heterocycles. The second kappa shape index (κ2) is 11.5. The predicted molar refractivity (Wildman–Crippen MR) is 136 cm³/mol. The molecule has 0 radical (unpaired) electrons. The second-order valence-electron chi connectivity index (χ2n) is 10.1. The standard InChI is InChI=1S/C28H28F4N4O5/c1-16(25(40-2)41-3)34-24(38)19-11-27(12-19)26(39)35(22-9-6-18(13-33)10-21(22)29)15-23(37)36(27)14-17-4-7-20(8-5-17)28(30,31)32/h4-10,16,19,25H,11-12,14-15H2,1-3H3,(H,34,38). The molecule has 41 heavy (non-hydrogen) atoms. The summed E-state index contributed by atoms with van der Waals surface area (Å²) in [5.74, 6) is -3.16. The highest BCUT2D eigenvalue weighted by atomic mass is 19.4. The van der Waals surface area contributed by atoms with Crippen LogP contribution >= 0.6 is 0 Å². The van der Waals surface area contributed by atoms with Gasteiger partial charge in [-0.05, 0) is 55.7 Å². The van der Waals surface area contributed by atoms with Crippen LogP contribution in [0.25, 0.3) is 0 Å². The molecule has 1 atom stereocenters. The molecule has 0 aromatic heterocycles. The number of ether oxygens (including phenoxy) is 2. The second-order valence-corrected chi connectivity index (χ2v) is 10.1. The molecule has 0 bridgehead atoms. The van der Waals surface area contributed by atoms with Gasteiger partial charge in [-0.3, -0.25) is 19.3 Å². The van der Waals surface area contributed by atoms with Gasteiger partial charge in [0.05, 0.1) is 28.9 Å². The number of amides is 3. The molecule has 2 aromatic rings. The molecule has 2 aliphatic rings. The van der Waals surface area contributed by atoms with Crippen molar-refractivity contribution in [3.63, 3.8) is 0 Å². The Morgan fingerprint density at radius 1 is 1.15 bits per heavy atom. The molecule has 4 rings (SSSR count). The summed E-state index contributed by atoms with van der Waals surface area (Å²) in [7, 11) is 2.83. The Hall–Kier alpha value is -4.02. The molecular weight excluding hydrogens is 548 g/mol. The van der Waals surface area contributed by atoms with E-state index in [9.17, 15) is 31.9 Å². The molecule has 1 unspecified atom stereocenters. The number of halogens is 4. The van der Waals surface area contributed by atoms with Crippen LogP contribution in [0.4, 0.5) is 23.2 Å². The van der Waals surface area contributed by atoms with Crippen LogP contribution in [0.1, 0.15) is 36.5 Å². The number of piperazine rings is 1. The number of hydrogen-bond acceptors (Lipinski definition) is 6. The van der Waals surface area contributed by atoms with Crippen LogP contribution in [-0.4, -0.2) is 61.3 Å². The van der Waals surface area contributed by atoms with Crippen LogP contribution in [0.5, 0.6) is 0 Å². The number of hydrogen-bond donors (Lipinski definition) is 1. The SMILES string of the molecule is COC(OC)C(C)NC(=O)C1CC2(C1)C(=O)N(c1ccc(C#N)cc1F)CC(=O)N2Cc1ccc(C(F)(F)F)cc1. The molecule has 1 spiro atoms. The number of benzene rings is 2. The van der Waals surface area contributed by atoms with Gasteiger partial charge < -0.3 is 19.7 Å². The number of nitriles is 1. The summed E-state index contributed by atoms with van der Waals surface area (Å²) in [5, 5.41) is 11.8. The van der Waals surface area contributed by atoms with E-state index in [2.05, 4.69) is 5.32 Å². The van der Waals surface area contributed by atoms with Gasteiger partial charge in [-0.2, -0.15) is 18.4 Å². The molecule has 1 heterocycles. The first-order valence-electron chi connectivity index (χ1n) is 12.7. The van der Waals surface area contributed by atoms with E-state index in [1.54, 1.807) is 13.0 Å². The van der Waals surface area contributed by atoms with Gasteiger partial charge >= 0.3 is 6.18 Å². The van der Waals surface area contributed by atoms with E-state index in [4.69, 9.17) is 14.7 Å². The Labute approximate surface area is 233 Å². The lowest BCUT2D eigenvalue weighted by atomic mass is 9.64. The van der Waals surface area contributed by atoms with E-state index < -0.39 is 65.6 Å². The molecule has 13 heteroatoms. The van der Waals surface area contributed by atoms with Crippen molar-refractivity contribution in [2.75, 3.05) is 25.7 Å². The summed E-state index contributed by atoms with van der Waals surface area (Å²) >= 11 is 0. The summed E-state index contributed by atoms with van der Waals surface area (Å²) in [4.78, 5) is 42.7. The number of anilines is 1. The third-order valence-corrected chi connectivity index (χ3v) is 7.53. The van der Waals surface area contributed by atoms with E-state index in [0.717, 1.165) is 23.1 Å². The maximum Gasteiger partial charge on any atom is 0.416 e. The number of rotatable bonds is 8. The van der Waals surface area contributed by atoms with Crippen molar-refractivity contribution in [3.8, 4) is 6.07 Å². The Kier molecular flexibility index (Phi) is 8.37. The van der Waals surface area contributed by atoms with Gasteiger partial charge in [0, 0.05) is 26.7 Å². The van der Waals surface area contributed by atoms with Crippen molar-refractivity contribution in [1.29, 1.82) is 5.26 Å². The molecule has 218 valence electrons. The molecule has 1 N–H and O–H groups in total. The number of alkyl halides is 3. The quantitative estimate of drug-likeness (QED) is 0.381. The minimum atomic E-state index is -4.54. The number of carbonyl (C=O) groups excluding carboxylic acids is 3. The zero-order chi connectivity index (χ0) is 30.1. The fourth-order valence-electron chi connectivity index (χ4n) is 5.36. The Morgan fingerprint density at radius 3 is 2.32 bits per heavy atom. The fourth-order valence-corrected chi connectivity index (χ4v) is 5.36. The largest absolute Gasteiger partial charge is 0.416 e. The van der Waals surface area contributed by atoms with Crippen molar-refractivity contribution in [2.24, 2.45) is 5.92 Å². The normalized spacial score (nSPS) is 21.6. The minimum Gasteiger partial charge on any atom is -0.354 e. The van der Waals surface area contributed by atoms with Crippen molar-refractivity contribution in [3.05, 3.63) is 65.0 Å². The molecule has 2 aromatic carbocycles. The van der Waals surface area contributed by atoms with E-state index >= 15 is 0 Å². The average molecular weight is 577 g/mol. The van der Waals surface area contributed by atoms with Crippen molar-refractivity contribution >= 4 is 23.4 Å². The number of nitrogens with zero attached hydrogens (tertiary/aromatic N) is 3. The summed E-state index contributed by atoms with van der Waals surface area (Å²) in [6.07, 6.45) is -5.44. The highest BCUT2D eigenvalue weighted by molar-refractivity contribution is 6.10. The van der Waals surface area contributed by atoms with E-state index in [-0.39, 0.29) is 30.6 Å². The van der Waals surface area contributed by atoms with Gasteiger partial charge in [-0.1, -0.05) is 12.1 Å². The summed E-state index contributed by atoms with van der Waals surface area (Å²) in [6.45, 7) is 0.958. The molecule has 9 nitrogen and oxygen atoms in total. The third-order valence-electron chi connectivity index (χ3n) is 7.53. The number of methoxy groups -OCH3 is 2. The number of carbonyl (C=O) groups is 3. The van der Waals surface area contributed by atoms with Crippen LogP contribution in [0.2, 0.25) is 0 Å². The minimum absolute atomic E-state index is 0.0283. The first-order valence-corrected chi connectivity index (χ1v) is 12.7. The van der Waals surface area contributed by atoms with Crippen LogP contribution < -0.4 is 10.2 Å². The molecule has 2 fully saturated rings. The topological polar surface area (TPSA) is 112 Å². The van der Waals surface area contributed by atoms with Crippen molar-refractivity contribution in [2.45, 2.75) is 50.4 Å². The maximum atomic E-state index is 14.9. The third kappa shape index (κ3) is 5.75. The van der Waals surface area contributed by atoms with Gasteiger partial charge in [-0.25, -0.2) is 4.39 Å². The van der Waals surface area contributed by atoms with Gasteiger partial charge in [0.2, 0.25) is 11.8 Å². The van der Waals surface area contributed by atoms with Crippen LogP contribution in [0.3, 0.4) is 0 Å². The van der Waals surface area contributed by atoms with Gasteiger partial charge in [-0.15, -0.1) is 0 Å². The van der Waals surface area contributed by atoms with Crippen LogP contribution in [0, 0.1) is 23.1 Å². The summed E-state index contributed by atoms with van der Waals surface area (Å²) in [6, 6.07) is 8.99. The lowest BCUT2D eigenvalue weighted by molar-refractivity contribution is -0.166. The van der Waals surface area contributed by atoms with E-state index in [0.29, 0.717) is 5.56 Å². The molecular formula is C28H28F4N4O5. The molecule has 1 saturated heterocycles. The Balaban J connectivity index is 1.63. The highest BCUT2D eigenvalue weighted by Crippen LogP contribution is 2.48. The maximum absolute atomic E-state index is 14.9. The fraction of sp³-hybridized carbons (Fsp3) is 0.429. The lowest BCUT2D eigenvalue weighted by Gasteiger charge is -2.56. The van der Waals surface area contributed by atoms with Gasteiger partial charge in [0.15, 0.2) is 6.29 Å². The van der Waals surface area contributed by atoms with Crippen LogP contribution in [-0.2, 0) is 36.6 Å². The predicted octanol–water partition coefficient (Wildman–Crippen LogP) is 3.36. The molecule has 1 saturated carbocycles. The zero-order valence-corrected chi connectivity index (χ0v) is 22.5. The summed E-state index contributed by atoms with van der Waals surface area (Å²) in [5.41, 5.74) is -2.22. The monoisotopic (exact) mass is 576 g/mol. The average Bonchev–Trinajstić information content (AvgIpc) is 2.90. The Bertz CT molecular complexity index is 1370. The van der Waals surface area contributed by atoms with E-state index in [1.807, 2.05) is 0 Å². The zero-order valence-electron chi connectivity index (χ0n) is 22.5.